The molecule has 29 heavy (non-hydrogen) atoms. The maximum atomic E-state index is 12.4. The van der Waals surface area contributed by atoms with E-state index in [9.17, 15) is 4.79 Å². The smallest absolute Gasteiger partial charge is 0.236 e. The maximum absolute atomic E-state index is 12.4. The molecule has 2 aromatic heterocycles. The van der Waals surface area contributed by atoms with Gasteiger partial charge >= 0.3 is 0 Å². The fourth-order valence-electron chi connectivity index (χ4n) is 2.56. The molecule has 0 atom stereocenters. The number of thiazole rings is 1. The van der Waals surface area contributed by atoms with Crippen LogP contribution in [0.5, 0.6) is 11.5 Å². The Balaban J connectivity index is 1.46. The molecule has 9 nitrogen and oxygen atoms in total. The minimum atomic E-state index is -0.188. The Morgan fingerprint density at radius 3 is 2.66 bits per heavy atom. The lowest BCUT2D eigenvalue weighted by atomic mass is 10.3. The number of nitrogens with zero attached hydrogens (tertiary/aromatic N) is 5. The Morgan fingerprint density at radius 2 is 1.93 bits per heavy atom. The predicted octanol–water partition coefficient (Wildman–Crippen LogP) is 3.02. The first-order chi connectivity index (χ1) is 14.2. The average Bonchev–Trinajstić information content (AvgIpc) is 3.38. The van der Waals surface area contributed by atoms with Gasteiger partial charge in [0.25, 0.3) is 0 Å². The molecule has 4 aromatic rings. The van der Waals surface area contributed by atoms with Crippen LogP contribution in [0.1, 0.15) is 0 Å². The molecule has 0 saturated carbocycles. The van der Waals surface area contributed by atoms with Crippen LogP contribution in [0.3, 0.4) is 0 Å². The number of hydrogen-bond acceptors (Lipinski definition) is 9. The first-order valence-electron chi connectivity index (χ1n) is 8.46. The SMILES string of the molecule is COc1cc(OC)cc(-n2nnnc2SCC(=O)Nc2nc3ccccc3s2)c1. The third kappa shape index (κ3) is 4.30. The molecule has 0 saturated heterocycles. The van der Waals surface area contributed by atoms with E-state index in [-0.39, 0.29) is 11.7 Å². The lowest BCUT2D eigenvalue weighted by molar-refractivity contribution is -0.113. The van der Waals surface area contributed by atoms with Crippen LogP contribution in [0, 0.1) is 0 Å². The number of fused-ring (bicyclic) bond motifs is 1. The van der Waals surface area contributed by atoms with Crippen LogP contribution in [0.2, 0.25) is 0 Å². The van der Waals surface area contributed by atoms with E-state index < -0.39 is 0 Å². The molecule has 0 aliphatic carbocycles. The van der Waals surface area contributed by atoms with Gasteiger partial charge in [0.1, 0.15) is 11.5 Å². The number of para-hydroxylation sites is 1. The van der Waals surface area contributed by atoms with Gasteiger partial charge in [-0.3, -0.25) is 4.79 Å². The summed E-state index contributed by atoms with van der Waals surface area (Å²) >= 11 is 2.65. The highest BCUT2D eigenvalue weighted by molar-refractivity contribution is 7.99. The molecule has 0 bridgehead atoms. The number of tetrazole rings is 1. The summed E-state index contributed by atoms with van der Waals surface area (Å²) in [5.74, 6) is 1.17. The van der Waals surface area contributed by atoms with Gasteiger partial charge in [-0.2, -0.15) is 4.68 Å². The van der Waals surface area contributed by atoms with E-state index in [1.807, 2.05) is 24.3 Å². The first kappa shape index (κ1) is 19.2. The molecule has 0 aliphatic rings. The normalized spacial score (nSPS) is 10.8. The minimum Gasteiger partial charge on any atom is -0.497 e. The summed E-state index contributed by atoms with van der Waals surface area (Å²) in [6.07, 6.45) is 0. The molecule has 0 aliphatic heterocycles. The van der Waals surface area contributed by atoms with Gasteiger partial charge in [-0.05, 0) is 22.6 Å². The largest absolute Gasteiger partial charge is 0.497 e. The highest BCUT2D eigenvalue weighted by Gasteiger charge is 2.14. The summed E-state index contributed by atoms with van der Waals surface area (Å²) < 4.78 is 13.1. The monoisotopic (exact) mass is 428 g/mol. The number of carbonyl (C=O) groups is 1. The van der Waals surface area contributed by atoms with Crippen molar-refractivity contribution in [2.75, 3.05) is 25.3 Å². The van der Waals surface area contributed by atoms with Crippen LogP contribution >= 0.6 is 23.1 Å². The molecular weight excluding hydrogens is 412 g/mol. The molecule has 148 valence electrons. The van der Waals surface area contributed by atoms with Crippen LogP contribution in [0.15, 0.2) is 47.6 Å². The fraction of sp³-hybridized carbons (Fsp3) is 0.167. The second-order valence-corrected chi connectivity index (χ2v) is 7.74. The van der Waals surface area contributed by atoms with Crippen LogP contribution < -0.4 is 14.8 Å². The Bertz CT molecular complexity index is 1100. The van der Waals surface area contributed by atoms with Crippen molar-refractivity contribution < 1.29 is 14.3 Å². The zero-order valence-corrected chi connectivity index (χ0v) is 17.2. The minimum absolute atomic E-state index is 0.136. The van der Waals surface area contributed by atoms with Gasteiger partial charge in [0, 0.05) is 18.2 Å². The first-order valence-corrected chi connectivity index (χ1v) is 10.3. The van der Waals surface area contributed by atoms with E-state index in [1.165, 1.54) is 27.8 Å². The number of ether oxygens (including phenoxy) is 2. The van der Waals surface area contributed by atoms with Crippen LogP contribution in [-0.4, -0.2) is 51.1 Å². The molecule has 0 radical (unpaired) electrons. The molecule has 11 heteroatoms. The number of methoxy groups -OCH3 is 2. The summed E-state index contributed by atoms with van der Waals surface area (Å²) in [4.78, 5) is 16.8. The number of hydrogen-bond donors (Lipinski definition) is 1. The van der Waals surface area contributed by atoms with Crippen molar-refractivity contribution in [3.63, 3.8) is 0 Å². The van der Waals surface area contributed by atoms with Crippen molar-refractivity contribution in [1.29, 1.82) is 0 Å². The van der Waals surface area contributed by atoms with Gasteiger partial charge in [-0.15, -0.1) is 5.10 Å². The quantitative estimate of drug-likeness (QED) is 0.448. The standard InChI is InChI=1S/C18H16N6O3S2/c1-26-12-7-11(8-13(9-12)27-2)24-18(21-22-23-24)28-10-16(25)20-17-19-14-5-3-4-6-15(14)29-17/h3-9H,10H2,1-2H3,(H,19,20,25). The van der Waals surface area contributed by atoms with Gasteiger partial charge in [0.2, 0.25) is 11.1 Å². The molecule has 1 amide bonds. The van der Waals surface area contributed by atoms with Crippen molar-refractivity contribution in [2.24, 2.45) is 0 Å². The number of anilines is 1. The highest BCUT2D eigenvalue weighted by atomic mass is 32.2. The third-order valence-electron chi connectivity index (χ3n) is 3.89. The van der Waals surface area contributed by atoms with Crippen LogP contribution in [0.4, 0.5) is 5.13 Å². The van der Waals surface area contributed by atoms with Crippen molar-refractivity contribution >= 4 is 44.4 Å². The zero-order valence-electron chi connectivity index (χ0n) is 15.5. The summed E-state index contributed by atoms with van der Waals surface area (Å²) in [5, 5.41) is 15.6. The molecule has 0 unspecified atom stereocenters. The number of thioether (sulfide) groups is 1. The maximum Gasteiger partial charge on any atom is 0.236 e. The number of nitrogens with one attached hydrogen (secondary N) is 1. The number of rotatable bonds is 7. The molecule has 0 fully saturated rings. The van der Waals surface area contributed by atoms with Gasteiger partial charge in [0.15, 0.2) is 5.13 Å². The lowest BCUT2D eigenvalue weighted by Crippen LogP contribution is -2.14. The predicted molar refractivity (Wildman–Crippen MR) is 111 cm³/mol. The van der Waals surface area contributed by atoms with Crippen LogP contribution in [-0.2, 0) is 4.79 Å². The fourth-order valence-corrected chi connectivity index (χ4v) is 4.13. The van der Waals surface area contributed by atoms with E-state index in [2.05, 4.69) is 25.8 Å². The van der Waals surface area contributed by atoms with Gasteiger partial charge in [0.05, 0.1) is 35.9 Å². The Morgan fingerprint density at radius 1 is 1.17 bits per heavy atom. The highest BCUT2D eigenvalue weighted by Crippen LogP contribution is 2.28. The second-order valence-electron chi connectivity index (χ2n) is 5.77. The van der Waals surface area contributed by atoms with Gasteiger partial charge < -0.3 is 14.8 Å². The Labute approximate surface area is 174 Å². The Kier molecular flexibility index (Phi) is 5.58. The zero-order chi connectivity index (χ0) is 20.2. The lowest BCUT2D eigenvalue weighted by Gasteiger charge is -2.09. The summed E-state index contributed by atoms with van der Waals surface area (Å²) in [6.45, 7) is 0. The summed E-state index contributed by atoms with van der Waals surface area (Å²) in [6, 6.07) is 13.0. The van der Waals surface area contributed by atoms with Crippen molar-refractivity contribution in [1.82, 2.24) is 25.2 Å². The molecule has 1 N–H and O–H groups in total. The van der Waals surface area contributed by atoms with Gasteiger partial charge in [-0.25, -0.2) is 4.98 Å². The second kappa shape index (κ2) is 8.45. The summed E-state index contributed by atoms with van der Waals surface area (Å²) in [5.41, 5.74) is 1.52. The van der Waals surface area contributed by atoms with Crippen molar-refractivity contribution in [2.45, 2.75) is 5.16 Å². The van der Waals surface area contributed by atoms with Crippen molar-refractivity contribution in [3.05, 3.63) is 42.5 Å². The van der Waals surface area contributed by atoms with Gasteiger partial charge in [-0.1, -0.05) is 35.2 Å². The topological polar surface area (TPSA) is 104 Å². The molecule has 2 heterocycles. The van der Waals surface area contributed by atoms with Crippen LogP contribution in [0.25, 0.3) is 15.9 Å². The number of benzene rings is 2. The van der Waals surface area contributed by atoms with E-state index in [1.54, 1.807) is 32.4 Å². The number of aromatic nitrogens is 5. The number of amides is 1. The number of carbonyl (C=O) groups excluding carboxylic acids is 1. The average molecular weight is 428 g/mol. The van der Waals surface area contributed by atoms with E-state index in [4.69, 9.17) is 9.47 Å². The van der Waals surface area contributed by atoms with E-state index >= 15 is 0 Å². The molecule has 0 spiro atoms. The summed E-state index contributed by atoms with van der Waals surface area (Å²) in [7, 11) is 3.14. The van der Waals surface area contributed by atoms with E-state index in [0.717, 1.165) is 10.2 Å². The molecule has 2 aromatic carbocycles. The Hall–Kier alpha value is -3.18. The van der Waals surface area contributed by atoms with E-state index in [0.29, 0.717) is 27.5 Å². The molecular formula is C18H16N6O3S2. The third-order valence-corrected chi connectivity index (χ3v) is 5.77. The van der Waals surface area contributed by atoms with Crippen molar-refractivity contribution in [3.8, 4) is 17.2 Å². The molecule has 4 rings (SSSR count).